The van der Waals surface area contributed by atoms with Crippen molar-refractivity contribution in [3.05, 3.63) is 12.2 Å². The van der Waals surface area contributed by atoms with Gasteiger partial charge in [0.15, 0.2) is 6.10 Å². The Kier molecular flexibility index (Phi) is 10.5. The molecule has 0 aliphatic heterocycles. The summed E-state index contributed by atoms with van der Waals surface area (Å²) in [6, 6.07) is 0. The minimum atomic E-state index is -0.943. The number of nitrogens with zero attached hydrogens (tertiary/aromatic N) is 1. The van der Waals surface area contributed by atoms with Crippen molar-refractivity contribution >= 4 is 11.9 Å². The van der Waals surface area contributed by atoms with Crippen LogP contribution in [0.15, 0.2) is 12.2 Å². The standard InChI is InChI=1S/C17H31NO4/c1-5-6-7-8-9-10-11-12-17(21)22-15(13-16(19)20)14-18(2,3)4/h9-10,15H,5-8,11-14H2,1-4H3/p+1/b10-9-/t15-/m1/s1. The fraction of sp³-hybridized carbons (Fsp3) is 0.765. The molecule has 22 heavy (non-hydrogen) atoms. The van der Waals surface area contributed by atoms with Gasteiger partial charge in [-0.15, -0.1) is 0 Å². The highest BCUT2D eigenvalue weighted by molar-refractivity contribution is 5.71. The molecule has 0 spiro atoms. The molecule has 5 heteroatoms. The summed E-state index contributed by atoms with van der Waals surface area (Å²) in [5, 5.41) is 8.90. The Bertz CT molecular complexity index is 358. The van der Waals surface area contributed by atoms with Gasteiger partial charge in [-0.05, 0) is 19.3 Å². The van der Waals surface area contributed by atoms with Crippen molar-refractivity contribution in [3.63, 3.8) is 0 Å². The molecule has 5 nitrogen and oxygen atoms in total. The number of carbonyl (C=O) groups is 2. The van der Waals surface area contributed by atoms with Crippen molar-refractivity contribution in [2.75, 3.05) is 27.7 Å². The van der Waals surface area contributed by atoms with E-state index in [1.165, 1.54) is 19.3 Å². The van der Waals surface area contributed by atoms with Crippen LogP contribution >= 0.6 is 0 Å². The van der Waals surface area contributed by atoms with Crippen molar-refractivity contribution < 1.29 is 23.9 Å². The molecule has 0 aliphatic rings. The maximum Gasteiger partial charge on any atom is 0.307 e. The zero-order chi connectivity index (χ0) is 17.0. The molecule has 0 amide bonds. The van der Waals surface area contributed by atoms with E-state index in [1.807, 2.05) is 27.2 Å². The largest absolute Gasteiger partial charge is 0.481 e. The minimum Gasteiger partial charge on any atom is -0.481 e. The third kappa shape index (κ3) is 13.6. The molecule has 0 radical (unpaired) electrons. The molecule has 1 atom stereocenters. The number of aliphatic carboxylic acids is 1. The van der Waals surface area contributed by atoms with Crippen molar-refractivity contribution in [2.24, 2.45) is 0 Å². The second kappa shape index (κ2) is 11.2. The summed E-state index contributed by atoms with van der Waals surface area (Å²) < 4.78 is 5.87. The quantitative estimate of drug-likeness (QED) is 0.260. The fourth-order valence-corrected chi connectivity index (χ4v) is 2.14. The van der Waals surface area contributed by atoms with E-state index in [-0.39, 0.29) is 12.4 Å². The van der Waals surface area contributed by atoms with Gasteiger partial charge >= 0.3 is 11.9 Å². The second-order valence-corrected chi connectivity index (χ2v) is 6.69. The molecule has 0 rings (SSSR count). The van der Waals surface area contributed by atoms with E-state index in [1.54, 1.807) is 0 Å². The van der Waals surface area contributed by atoms with Crippen LogP contribution in [0, 0.1) is 0 Å². The van der Waals surface area contributed by atoms with Gasteiger partial charge in [0, 0.05) is 6.42 Å². The van der Waals surface area contributed by atoms with Gasteiger partial charge in [0.2, 0.25) is 0 Å². The van der Waals surface area contributed by atoms with E-state index in [0.29, 0.717) is 23.9 Å². The van der Waals surface area contributed by atoms with Crippen LogP contribution in [0.2, 0.25) is 0 Å². The lowest BCUT2D eigenvalue weighted by atomic mass is 10.2. The average Bonchev–Trinajstić information content (AvgIpc) is 2.34. The topological polar surface area (TPSA) is 63.6 Å². The monoisotopic (exact) mass is 314 g/mol. The third-order valence-corrected chi connectivity index (χ3v) is 3.11. The number of rotatable bonds is 12. The number of likely N-dealkylation sites (N-methyl/N-ethyl adjacent to an activating group) is 1. The Morgan fingerprint density at radius 2 is 1.77 bits per heavy atom. The summed E-state index contributed by atoms with van der Waals surface area (Å²) in [4.78, 5) is 22.7. The highest BCUT2D eigenvalue weighted by Crippen LogP contribution is 2.08. The van der Waals surface area contributed by atoms with Gasteiger partial charge < -0.3 is 14.3 Å². The predicted molar refractivity (Wildman–Crippen MR) is 87.5 cm³/mol. The highest BCUT2D eigenvalue weighted by Gasteiger charge is 2.24. The van der Waals surface area contributed by atoms with E-state index in [9.17, 15) is 9.59 Å². The molecule has 0 fully saturated rings. The number of carboxylic acids is 1. The van der Waals surface area contributed by atoms with Crippen molar-refractivity contribution in [3.8, 4) is 0 Å². The summed E-state index contributed by atoms with van der Waals surface area (Å²) in [6.45, 7) is 2.66. The number of carbonyl (C=O) groups excluding carboxylic acids is 1. The molecule has 0 aromatic carbocycles. The minimum absolute atomic E-state index is 0.145. The lowest BCUT2D eigenvalue weighted by Gasteiger charge is -2.28. The maximum atomic E-state index is 11.8. The molecule has 0 aromatic heterocycles. The number of ether oxygens (including phenoxy) is 1. The zero-order valence-corrected chi connectivity index (χ0v) is 14.5. The molecule has 0 bridgehead atoms. The van der Waals surface area contributed by atoms with Crippen molar-refractivity contribution in [1.82, 2.24) is 0 Å². The Morgan fingerprint density at radius 1 is 1.14 bits per heavy atom. The summed E-state index contributed by atoms with van der Waals surface area (Å²) in [6.07, 6.45) is 9.01. The van der Waals surface area contributed by atoms with Gasteiger partial charge in [0.05, 0.1) is 27.6 Å². The van der Waals surface area contributed by atoms with E-state index in [4.69, 9.17) is 9.84 Å². The van der Waals surface area contributed by atoms with E-state index in [2.05, 4.69) is 13.0 Å². The van der Waals surface area contributed by atoms with Crippen molar-refractivity contribution in [1.29, 1.82) is 0 Å². The van der Waals surface area contributed by atoms with Crippen molar-refractivity contribution in [2.45, 2.75) is 58.0 Å². The van der Waals surface area contributed by atoms with Crippen LogP contribution < -0.4 is 0 Å². The summed E-state index contributed by atoms with van der Waals surface area (Å²) in [7, 11) is 5.84. The zero-order valence-electron chi connectivity index (χ0n) is 14.5. The Hall–Kier alpha value is -1.36. The highest BCUT2D eigenvalue weighted by atomic mass is 16.5. The first-order valence-electron chi connectivity index (χ1n) is 8.11. The van der Waals surface area contributed by atoms with Crippen LogP contribution in [0.25, 0.3) is 0 Å². The SMILES string of the molecule is CCCCC/C=C\CCC(=O)O[C@H](CC(=O)O)C[N+](C)(C)C. The lowest BCUT2D eigenvalue weighted by Crippen LogP contribution is -2.43. The van der Waals surface area contributed by atoms with Crippen LogP contribution in [0.5, 0.6) is 0 Å². The first kappa shape index (κ1) is 20.6. The molecule has 128 valence electrons. The second-order valence-electron chi connectivity index (χ2n) is 6.69. The van der Waals surface area contributed by atoms with Crippen LogP contribution in [0.1, 0.15) is 51.9 Å². The molecule has 0 aliphatic carbocycles. The molecule has 0 unspecified atom stereocenters. The predicted octanol–water partition coefficient (Wildman–Crippen LogP) is 3.00. The van der Waals surface area contributed by atoms with Gasteiger partial charge in [-0.2, -0.15) is 0 Å². The smallest absolute Gasteiger partial charge is 0.307 e. The third-order valence-electron chi connectivity index (χ3n) is 3.11. The van der Waals surface area contributed by atoms with Crippen LogP contribution in [-0.4, -0.2) is 55.3 Å². The van der Waals surface area contributed by atoms with Gasteiger partial charge in [-0.1, -0.05) is 31.9 Å². The fourth-order valence-electron chi connectivity index (χ4n) is 2.14. The number of unbranched alkanes of at least 4 members (excludes halogenated alkanes) is 3. The first-order valence-corrected chi connectivity index (χ1v) is 8.11. The first-order chi connectivity index (χ1) is 10.2. The molecule has 0 aromatic rings. The van der Waals surface area contributed by atoms with E-state index < -0.39 is 12.1 Å². The molecule has 0 heterocycles. The number of quaternary nitrogens is 1. The molecule has 1 N–H and O–H groups in total. The normalized spacial score (nSPS) is 13.3. The van der Waals surface area contributed by atoms with E-state index in [0.717, 1.165) is 6.42 Å². The average molecular weight is 314 g/mol. The Balaban J connectivity index is 4.09. The number of esters is 1. The van der Waals surface area contributed by atoms with Crippen LogP contribution in [0.4, 0.5) is 0 Å². The number of hydrogen-bond donors (Lipinski definition) is 1. The Morgan fingerprint density at radius 3 is 2.32 bits per heavy atom. The van der Waals surface area contributed by atoms with Crippen LogP contribution in [0.3, 0.4) is 0 Å². The molecule has 0 saturated carbocycles. The van der Waals surface area contributed by atoms with Crippen LogP contribution in [-0.2, 0) is 14.3 Å². The molecular formula is C17H32NO4+. The lowest BCUT2D eigenvalue weighted by molar-refractivity contribution is -0.873. The Labute approximate surface area is 134 Å². The van der Waals surface area contributed by atoms with Gasteiger partial charge in [-0.25, -0.2) is 0 Å². The van der Waals surface area contributed by atoms with Gasteiger partial charge in [0.25, 0.3) is 0 Å². The van der Waals surface area contributed by atoms with Gasteiger partial charge in [0.1, 0.15) is 6.54 Å². The maximum absolute atomic E-state index is 11.8. The van der Waals surface area contributed by atoms with E-state index >= 15 is 0 Å². The summed E-state index contributed by atoms with van der Waals surface area (Å²) in [5.74, 6) is -1.26. The number of carboxylic acid groups (broad SMARTS) is 1. The number of hydrogen-bond acceptors (Lipinski definition) is 3. The van der Waals surface area contributed by atoms with Gasteiger partial charge in [-0.3, -0.25) is 9.59 Å². The molecular weight excluding hydrogens is 282 g/mol. The summed E-state index contributed by atoms with van der Waals surface area (Å²) >= 11 is 0. The summed E-state index contributed by atoms with van der Waals surface area (Å²) in [5.41, 5.74) is 0. The molecule has 0 saturated heterocycles. The number of allylic oxidation sites excluding steroid dienone is 2.